The Hall–Kier alpha value is -3.67. The van der Waals surface area contributed by atoms with Gasteiger partial charge in [0.1, 0.15) is 6.54 Å². The molecule has 0 fully saturated rings. The lowest BCUT2D eigenvalue weighted by molar-refractivity contribution is -0.147. The van der Waals surface area contributed by atoms with E-state index in [-0.39, 0.29) is 30.9 Å². The van der Waals surface area contributed by atoms with Crippen molar-refractivity contribution >= 4 is 28.6 Å². The summed E-state index contributed by atoms with van der Waals surface area (Å²) in [5.74, 6) is -1.28. The first kappa shape index (κ1) is 21.0. The van der Waals surface area contributed by atoms with Crippen molar-refractivity contribution in [2.24, 2.45) is 0 Å². The Kier molecular flexibility index (Phi) is 7.16. The molecule has 0 aliphatic heterocycles. The Morgan fingerprint density at radius 2 is 1.57 bits per heavy atom. The lowest BCUT2D eigenvalue weighted by Gasteiger charge is -2.13. The van der Waals surface area contributed by atoms with Gasteiger partial charge in [0.2, 0.25) is 0 Å². The Morgan fingerprint density at radius 1 is 0.867 bits per heavy atom. The molecule has 0 heterocycles. The van der Waals surface area contributed by atoms with Crippen LogP contribution in [0.5, 0.6) is 0 Å². The Balaban J connectivity index is 1.38. The Bertz CT molecular complexity index is 1030. The molecule has 0 radical (unpaired) electrons. The zero-order valence-corrected chi connectivity index (χ0v) is 16.8. The van der Waals surface area contributed by atoms with Gasteiger partial charge in [-0.25, -0.2) is 0 Å². The van der Waals surface area contributed by atoms with Crippen molar-refractivity contribution in [2.75, 3.05) is 19.7 Å². The molecule has 3 aromatic rings. The van der Waals surface area contributed by atoms with Crippen molar-refractivity contribution in [2.45, 2.75) is 12.8 Å². The summed E-state index contributed by atoms with van der Waals surface area (Å²) < 4.78 is 4.93. The average Bonchev–Trinajstić information content (AvgIpc) is 2.79. The molecule has 0 saturated heterocycles. The molecule has 2 N–H and O–H groups in total. The summed E-state index contributed by atoms with van der Waals surface area (Å²) in [6.07, 6.45) is 0. The predicted molar refractivity (Wildman–Crippen MR) is 115 cm³/mol. The molecule has 1 atom stereocenters. The summed E-state index contributed by atoms with van der Waals surface area (Å²) >= 11 is 0. The normalized spacial score (nSPS) is 11.5. The van der Waals surface area contributed by atoms with Crippen molar-refractivity contribution in [1.82, 2.24) is 10.6 Å². The van der Waals surface area contributed by atoms with Gasteiger partial charge in [-0.3, -0.25) is 14.4 Å². The van der Waals surface area contributed by atoms with E-state index in [1.807, 2.05) is 67.6 Å². The molecule has 6 heteroatoms. The number of hydrogen-bond donors (Lipinski definition) is 2. The summed E-state index contributed by atoms with van der Waals surface area (Å²) in [6, 6.07) is 22.8. The highest BCUT2D eigenvalue weighted by Gasteiger charge is 2.12. The van der Waals surface area contributed by atoms with Gasteiger partial charge in [-0.15, -0.1) is 0 Å². The van der Waals surface area contributed by atoms with Crippen molar-refractivity contribution in [1.29, 1.82) is 0 Å². The average molecular weight is 404 g/mol. The van der Waals surface area contributed by atoms with Gasteiger partial charge < -0.3 is 15.4 Å². The number of ether oxygens (including phenoxy) is 1. The maximum Gasteiger partial charge on any atom is 0.325 e. The number of amides is 2. The molecule has 154 valence electrons. The Morgan fingerprint density at radius 3 is 2.33 bits per heavy atom. The predicted octanol–water partition coefficient (Wildman–Crippen LogP) is 3.03. The van der Waals surface area contributed by atoms with Crippen LogP contribution in [0.15, 0.2) is 72.8 Å². The second-order valence-corrected chi connectivity index (χ2v) is 7.02. The molecular formula is C24H24N2O4. The van der Waals surface area contributed by atoms with Crippen LogP contribution in [0.25, 0.3) is 10.8 Å². The first-order valence-electron chi connectivity index (χ1n) is 9.77. The van der Waals surface area contributed by atoms with Gasteiger partial charge in [0.15, 0.2) is 6.61 Å². The molecule has 3 rings (SSSR count). The first-order valence-corrected chi connectivity index (χ1v) is 9.77. The zero-order valence-electron chi connectivity index (χ0n) is 16.8. The number of hydrogen-bond acceptors (Lipinski definition) is 4. The molecule has 0 aliphatic carbocycles. The minimum Gasteiger partial charge on any atom is -0.454 e. The highest BCUT2D eigenvalue weighted by Crippen LogP contribution is 2.15. The summed E-state index contributed by atoms with van der Waals surface area (Å²) in [5, 5.41) is 7.22. The standard InChI is InChI=1S/C24H24N2O4/c1-17(18-7-3-2-4-8-18)14-25-22(27)16-30-23(28)15-26-24(29)21-12-11-19-9-5-6-10-20(19)13-21/h2-13,17H,14-16H2,1H3,(H,25,27)(H,26,29)/t17-/m0/s1. The molecule has 0 aromatic heterocycles. The third-order valence-electron chi connectivity index (χ3n) is 4.74. The molecular weight excluding hydrogens is 380 g/mol. The molecule has 30 heavy (non-hydrogen) atoms. The minimum absolute atomic E-state index is 0.145. The van der Waals surface area contributed by atoms with Crippen LogP contribution in [-0.4, -0.2) is 37.5 Å². The van der Waals surface area contributed by atoms with Gasteiger partial charge in [-0.05, 0) is 34.4 Å². The van der Waals surface area contributed by atoms with Gasteiger partial charge in [0.25, 0.3) is 11.8 Å². The highest BCUT2D eigenvalue weighted by molar-refractivity contribution is 5.99. The van der Waals surface area contributed by atoms with Crippen LogP contribution in [0.3, 0.4) is 0 Å². The van der Waals surface area contributed by atoms with Gasteiger partial charge in [-0.1, -0.05) is 67.6 Å². The van der Waals surface area contributed by atoms with Gasteiger partial charge in [0, 0.05) is 12.1 Å². The molecule has 0 unspecified atom stereocenters. The maximum absolute atomic E-state index is 12.2. The number of carbonyl (C=O) groups excluding carboxylic acids is 3. The van der Waals surface area contributed by atoms with E-state index in [9.17, 15) is 14.4 Å². The highest BCUT2D eigenvalue weighted by atomic mass is 16.5. The quantitative estimate of drug-likeness (QED) is 0.565. The molecule has 6 nitrogen and oxygen atoms in total. The van der Waals surface area contributed by atoms with E-state index in [1.165, 1.54) is 0 Å². The molecule has 3 aromatic carbocycles. The monoisotopic (exact) mass is 404 g/mol. The van der Waals surface area contributed by atoms with Gasteiger partial charge in [0.05, 0.1) is 0 Å². The summed E-state index contributed by atoms with van der Waals surface area (Å²) in [4.78, 5) is 36.0. The van der Waals surface area contributed by atoms with E-state index >= 15 is 0 Å². The SMILES string of the molecule is C[C@@H](CNC(=O)COC(=O)CNC(=O)c1ccc2ccccc2c1)c1ccccc1. The second kappa shape index (κ2) is 10.2. The van der Waals surface area contributed by atoms with Crippen LogP contribution in [0, 0.1) is 0 Å². The molecule has 0 aliphatic rings. The fourth-order valence-electron chi connectivity index (χ4n) is 3.00. The van der Waals surface area contributed by atoms with Crippen LogP contribution >= 0.6 is 0 Å². The fourth-order valence-corrected chi connectivity index (χ4v) is 3.00. The van der Waals surface area contributed by atoms with E-state index < -0.39 is 5.97 Å². The van der Waals surface area contributed by atoms with Crippen molar-refractivity contribution in [3.63, 3.8) is 0 Å². The maximum atomic E-state index is 12.2. The third-order valence-corrected chi connectivity index (χ3v) is 4.74. The number of esters is 1. The molecule has 0 bridgehead atoms. The van der Waals surface area contributed by atoms with Crippen LogP contribution in [0.1, 0.15) is 28.8 Å². The summed E-state index contributed by atoms with van der Waals surface area (Å²) in [6.45, 7) is 1.76. The topological polar surface area (TPSA) is 84.5 Å². The van der Waals surface area contributed by atoms with Crippen LogP contribution in [0.2, 0.25) is 0 Å². The molecule has 2 amide bonds. The van der Waals surface area contributed by atoms with Crippen molar-refractivity contribution in [3.8, 4) is 0 Å². The lowest BCUT2D eigenvalue weighted by Crippen LogP contribution is -2.35. The lowest BCUT2D eigenvalue weighted by atomic mass is 10.0. The van der Waals surface area contributed by atoms with E-state index in [4.69, 9.17) is 4.74 Å². The second-order valence-electron chi connectivity index (χ2n) is 7.02. The van der Waals surface area contributed by atoms with E-state index in [0.717, 1.165) is 16.3 Å². The van der Waals surface area contributed by atoms with E-state index in [1.54, 1.807) is 12.1 Å². The van der Waals surface area contributed by atoms with E-state index in [2.05, 4.69) is 10.6 Å². The fraction of sp³-hybridized carbons (Fsp3) is 0.208. The van der Waals surface area contributed by atoms with Crippen LogP contribution in [-0.2, 0) is 14.3 Å². The number of fused-ring (bicyclic) bond motifs is 1. The van der Waals surface area contributed by atoms with Crippen LogP contribution in [0.4, 0.5) is 0 Å². The smallest absolute Gasteiger partial charge is 0.325 e. The molecule has 0 saturated carbocycles. The van der Waals surface area contributed by atoms with Crippen LogP contribution < -0.4 is 10.6 Å². The van der Waals surface area contributed by atoms with Crippen molar-refractivity contribution < 1.29 is 19.1 Å². The first-order chi connectivity index (χ1) is 14.5. The summed E-state index contributed by atoms with van der Waals surface area (Å²) in [5.41, 5.74) is 1.57. The minimum atomic E-state index is -0.671. The number of rotatable bonds is 8. The number of carbonyl (C=O) groups is 3. The van der Waals surface area contributed by atoms with E-state index in [0.29, 0.717) is 12.1 Å². The largest absolute Gasteiger partial charge is 0.454 e. The van der Waals surface area contributed by atoms with Gasteiger partial charge >= 0.3 is 5.97 Å². The van der Waals surface area contributed by atoms with Gasteiger partial charge in [-0.2, -0.15) is 0 Å². The zero-order chi connectivity index (χ0) is 21.3. The Labute approximate surface area is 175 Å². The third kappa shape index (κ3) is 5.91. The molecule has 0 spiro atoms. The number of nitrogens with one attached hydrogen (secondary N) is 2. The summed E-state index contributed by atoms with van der Waals surface area (Å²) in [7, 11) is 0. The number of benzene rings is 3. The van der Waals surface area contributed by atoms with Crippen molar-refractivity contribution in [3.05, 3.63) is 83.9 Å².